The van der Waals surface area contributed by atoms with Crippen molar-refractivity contribution in [2.24, 2.45) is 0 Å². The Morgan fingerprint density at radius 3 is 2.52 bits per heavy atom. The summed E-state index contributed by atoms with van der Waals surface area (Å²) < 4.78 is 38.0. The lowest BCUT2D eigenvalue weighted by molar-refractivity contribution is -0.137. The van der Waals surface area contributed by atoms with Crippen LogP contribution in [0.1, 0.15) is 22.3 Å². The number of hydrogen-bond acceptors (Lipinski definition) is 2. The van der Waals surface area contributed by atoms with E-state index in [0.717, 1.165) is 17.7 Å². The highest BCUT2D eigenvalue weighted by atomic mass is 19.4. The maximum absolute atomic E-state index is 12.7. The number of nitriles is 1. The fourth-order valence-electron chi connectivity index (χ4n) is 2.04. The first kappa shape index (κ1) is 14.9. The molecule has 0 aromatic heterocycles. The molecule has 5 heteroatoms. The highest BCUT2D eigenvalue weighted by Crippen LogP contribution is 2.30. The lowest BCUT2D eigenvalue weighted by Crippen LogP contribution is -2.07. The number of nitrogens with one attached hydrogen (secondary N) is 1. The number of aryl methyl sites for hydroxylation is 1. The minimum atomic E-state index is -4.35. The number of rotatable bonds is 3. The molecule has 0 saturated heterocycles. The summed E-state index contributed by atoms with van der Waals surface area (Å²) in [7, 11) is 0. The third kappa shape index (κ3) is 3.54. The van der Waals surface area contributed by atoms with Gasteiger partial charge in [-0.15, -0.1) is 0 Å². The normalized spacial score (nSPS) is 11.0. The third-order valence-corrected chi connectivity index (χ3v) is 3.12. The van der Waals surface area contributed by atoms with Gasteiger partial charge in [-0.2, -0.15) is 18.4 Å². The summed E-state index contributed by atoms with van der Waals surface area (Å²) in [5.74, 6) is 0. The van der Waals surface area contributed by atoms with Gasteiger partial charge < -0.3 is 5.32 Å². The smallest absolute Gasteiger partial charge is 0.380 e. The van der Waals surface area contributed by atoms with Crippen LogP contribution in [0.4, 0.5) is 18.9 Å². The fraction of sp³-hybridized carbons (Fsp3) is 0.188. The van der Waals surface area contributed by atoms with Gasteiger partial charge in [0.05, 0.1) is 16.8 Å². The Morgan fingerprint density at radius 2 is 1.86 bits per heavy atom. The van der Waals surface area contributed by atoms with E-state index in [-0.39, 0.29) is 6.54 Å². The van der Waals surface area contributed by atoms with E-state index in [0.29, 0.717) is 16.8 Å². The van der Waals surface area contributed by atoms with Crippen molar-refractivity contribution in [3.63, 3.8) is 0 Å². The van der Waals surface area contributed by atoms with E-state index in [4.69, 9.17) is 5.26 Å². The molecule has 0 atom stereocenters. The van der Waals surface area contributed by atoms with Crippen molar-refractivity contribution in [3.05, 3.63) is 64.7 Å². The van der Waals surface area contributed by atoms with Crippen LogP contribution in [-0.4, -0.2) is 0 Å². The second-order valence-corrected chi connectivity index (χ2v) is 4.66. The van der Waals surface area contributed by atoms with Crippen LogP contribution in [0.25, 0.3) is 0 Å². The maximum atomic E-state index is 12.7. The number of nitrogens with zero attached hydrogens (tertiary/aromatic N) is 1. The van der Waals surface area contributed by atoms with E-state index in [2.05, 4.69) is 11.4 Å². The highest BCUT2D eigenvalue weighted by Gasteiger charge is 2.30. The van der Waals surface area contributed by atoms with Gasteiger partial charge in [0, 0.05) is 6.54 Å². The summed E-state index contributed by atoms with van der Waals surface area (Å²) in [6.07, 6.45) is -4.35. The molecule has 1 N–H and O–H groups in total. The zero-order valence-corrected chi connectivity index (χ0v) is 11.3. The maximum Gasteiger partial charge on any atom is 0.416 e. The summed E-state index contributed by atoms with van der Waals surface area (Å²) in [6, 6.07) is 12.5. The summed E-state index contributed by atoms with van der Waals surface area (Å²) in [6.45, 7) is 2.07. The van der Waals surface area contributed by atoms with E-state index in [1.807, 2.05) is 13.0 Å². The van der Waals surface area contributed by atoms with Crippen LogP contribution in [0.5, 0.6) is 0 Å². The number of halogens is 3. The van der Waals surface area contributed by atoms with Crippen molar-refractivity contribution < 1.29 is 13.2 Å². The fourth-order valence-corrected chi connectivity index (χ4v) is 2.04. The number of para-hydroxylation sites is 1. The van der Waals surface area contributed by atoms with Gasteiger partial charge in [-0.3, -0.25) is 0 Å². The average molecular weight is 290 g/mol. The van der Waals surface area contributed by atoms with Crippen LogP contribution in [0.15, 0.2) is 42.5 Å². The summed E-state index contributed by atoms with van der Waals surface area (Å²) in [4.78, 5) is 0. The monoisotopic (exact) mass is 290 g/mol. The third-order valence-electron chi connectivity index (χ3n) is 3.12. The van der Waals surface area contributed by atoms with Crippen molar-refractivity contribution in [1.82, 2.24) is 0 Å². The minimum Gasteiger partial charge on any atom is -0.380 e. The first-order chi connectivity index (χ1) is 9.91. The van der Waals surface area contributed by atoms with Crippen molar-refractivity contribution in [1.29, 1.82) is 5.26 Å². The topological polar surface area (TPSA) is 35.8 Å². The van der Waals surface area contributed by atoms with Crippen molar-refractivity contribution >= 4 is 5.69 Å². The van der Waals surface area contributed by atoms with Gasteiger partial charge in [-0.25, -0.2) is 0 Å². The Bertz CT molecular complexity index is 685. The Kier molecular flexibility index (Phi) is 4.18. The van der Waals surface area contributed by atoms with E-state index in [9.17, 15) is 13.2 Å². The minimum absolute atomic E-state index is 0.226. The summed E-state index contributed by atoms with van der Waals surface area (Å²) in [5.41, 5.74) is 1.84. The molecule has 0 aliphatic rings. The predicted octanol–water partition coefficient (Wildman–Crippen LogP) is 4.50. The molecule has 0 aliphatic heterocycles. The molecule has 2 rings (SSSR count). The molecule has 2 aromatic rings. The second kappa shape index (κ2) is 5.88. The predicted molar refractivity (Wildman–Crippen MR) is 74.7 cm³/mol. The van der Waals surface area contributed by atoms with Crippen molar-refractivity contribution in [2.45, 2.75) is 19.6 Å². The molecule has 0 unspecified atom stereocenters. The van der Waals surface area contributed by atoms with Crippen molar-refractivity contribution in [2.75, 3.05) is 5.32 Å². The van der Waals surface area contributed by atoms with Gasteiger partial charge in [-0.05, 0) is 36.2 Å². The quantitative estimate of drug-likeness (QED) is 0.903. The molecule has 0 heterocycles. The second-order valence-electron chi connectivity index (χ2n) is 4.66. The van der Waals surface area contributed by atoms with Crippen LogP contribution < -0.4 is 5.32 Å². The zero-order chi connectivity index (χ0) is 15.5. The lowest BCUT2D eigenvalue weighted by Gasteiger charge is -2.13. The SMILES string of the molecule is Cc1cccc(C#N)c1NCc1cccc(C(F)(F)F)c1. The zero-order valence-electron chi connectivity index (χ0n) is 11.3. The molecule has 0 spiro atoms. The molecule has 0 aliphatic carbocycles. The van der Waals surface area contributed by atoms with Gasteiger partial charge >= 0.3 is 6.18 Å². The molecule has 2 aromatic carbocycles. The first-order valence-electron chi connectivity index (χ1n) is 6.31. The molecule has 21 heavy (non-hydrogen) atoms. The molecule has 0 bridgehead atoms. The standard InChI is InChI=1S/C16H13F3N2/c1-11-4-2-6-13(9-20)15(11)21-10-12-5-3-7-14(8-12)16(17,18)19/h2-8,21H,10H2,1H3. The molecular formula is C16H13F3N2. The van der Waals surface area contributed by atoms with Gasteiger partial charge in [0.2, 0.25) is 0 Å². The molecule has 108 valence electrons. The van der Waals surface area contributed by atoms with E-state index in [1.54, 1.807) is 18.2 Å². The number of benzene rings is 2. The van der Waals surface area contributed by atoms with E-state index in [1.165, 1.54) is 6.07 Å². The van der Waals surface area contributed by atoms with Gasteiger partial charge in [-0.1, -0.05) is 24.3 Å². The van der Waals surface area contributed by atoms with Crippen LogP contribution in [0.2, 0.25) is 0 Å². The Labute approximate surface area is 120 Å². The summed E-state index contributed by atoms with van der Waals surface area (Å²) >= 11 is 0. The molecular weight excluding hydrogens is 277 g/mol. The van der Waals surface area contributed by atoms with Crippen LogP contribution in [0, 0.1) is 18.3 Å². The Balaban J connectivity index is 2.20. The Hall–Kier alpha value is -2.48. The number of anilines is 1. The highest BCUT2D eigenvalue weighted by molar-refractivity contribution is 5.62. The van der Waals surface area contributed by atoms with Crippen LogP contribution >= 0.6 is 0 Å². The number of hydrogen-bond donors (Lipinski definition) is 1. The van der Waals surface area contributed by atoms with E-state index < -0.39 is 11.7 Å². The summed E-state index contributed by atoms with van der Waals surface area (Å²) in [5, 5.41) is 12.1. The molecule has 0 radical (unpaired) electrons. The van der Waals surface area contributed by atoms with Gasteiger partial charge in [0.25, 0.3) is 0 Å². The number of alkyl halides is 3. The molecule has 0 saturated carbocycles. The largest absolute Gasteiger partial charge is 0.416 e. The Morgan fingerprint density at radius 1 is 1.14 bits per heavy atom. The van der Waals surface area contributed by atoms with E-state index >= 15 is 0 Å². The molecule has 2 nitrogen and oxygen atoms in total. The lowest BCUT2D eigenvalue weighted by atomic mass is 10.1. The van der Waals surface area contributed by atoms with Crippen LogP contribution in [0.3, 0.4) is 0 Å². The average Bonchev–Trinajstić information content (AvgIpc) is 2.45. The van der Waals surface area contributed by atoms with Gasteiger partial charge in [0.1, 0.15) is 6.07 Å². The first-order valence-corrected chi connectivity index (χ1v) is 6.31. The van der Waals surface area contributed by atoms with Crippen LogP contribution in [-0.2, 0) is 12.7 Å². The van der Waals surface area contributed by atoms with Gasteiger partial charge in [0.15, 0.2) is 0 Å². The molecule has 0 amide bonds. The molecule has 0 fully saturated rings. The van der Waals surface area contributed by atoms with Crippen molar-refractivity contribution in [3.8, 4) is 6.07 Å².